The van der Waals surface area contributed by atoms with E-state index in [0.29, 0.717) is 6.42 Å². The molecular formula is C29H50O3S. The molecule has 0 heterocycles. The second-order valence-electron chi connectivity index (χ2n) is 9.71. The van der Waals surface area contributed by atoms with Gasteiger partial charge >= 0.3 is 0 Å². The minimum absolute atomic E-state index is 0.0482. The van der Waals surface area contributed by atoms with Gasteiger partial charge in [-0.2, -0.15) is 0 Å². The summed E-state index contributed by atoms with van der Waals surface area (Å²) in [5.41, 5.74) is 5.23. The maximum atomic E-state index is 12.0. The Hall–Kier alpha value is -1.39. The quantitative estimate of drug-likeness (QED) is 0.214. The fourth-order valence-electron chi connectivity index (χ4n) is 3.43. The summed E-state index contributed by atoms with van der Waals surface area (Å²) in [5, 5.41) is 10.0. The molecule has 33 heavy (non-hydrogen) atoms. The van der Waals surface area contributed by atoms with Crippen LogP contribution in [0.1, 0.15) is 113 Å². The van der Waals surface area contributed by atoms with Crippen LogP contribution in [0.4, 0.5) is 0 Å². The lowest BCUT2D eigenvalue weighted by atomic mass is 10.0. The third kappa shape index (κ3) is 17.7. The standard InChI is InChI=1S/C29H50O3S/c1-8-9-22-33(31,32)29(30)23-28(7)21-13-20-27(6)19-12-18-26(5)17-11-16-25(4)15-10-14-24(2)3/h14,16,18,20,23,29-30H,8-13,15,17,19,21-22H2,1-7H3. The Bertz CT molecular complexity index is 804. The van der Waals surface area contributed by atoms with E-state index in [-0.39, 0.29) is 5.75 Å². The fourth-order valence-corrected chi connectivity index (χ4v) is 4.80. The maximum absolute atomic E-state index is 12.0. The lowest BCUT2D eigenvalue weighted by molar-refractivity contribution is 0.292. The molecule has 0 aromatic rings. The molecule has 0 rings (SSSR count). The van der Waals surface area contributed by atoms with Crippen molar-refractivity contribution in [2.24, 2.45) is 0 Å². The molecule has 3 nitrogen and oxygen atoms in total. The number of unbranched alkanes of at least 4 members (excludes halogenated alkanes) is 1. The first-order chi connectivity index (χ1) is 15.5. The maximum Gasteiger partial charge on any atom is 0.180 e. The first-order valence-corrected chi connectivity index (χ1v) is 14.4. The molecule has 1 atom stereocenters. The topological polar surface area (TPSA) is 54.4 Å². The van der Waals surface area contributed by atoms with Gasteiger partial charge in [0.25, 0.3) is 0 Å². The molecule has 1 unspecified atom stereocenters. The van der Waals surface area contributed by atoms with Gasteiger partial charge in [0.05, 0.1) is 5.75 Å². The Balaban J connectivity index is 4.32. The van der Waals surface area contributed by atoms with Crippen LogP contribution in [0.5, 0.6) is 0 Å². The van der Waals surface area contributed by atoms with Crippen LogP contribution in [-0.4, -0.2) is 24.7 Å². The van der Waals surface area contributed by atoms with Gasteiger partial charge in [-0.05, 0) is 105 Å². The monoisotopic (exact) mass is 478 g/mol. The van der Waals surface area contributed by atoms with E-state index in [1.807, 2.05) is 13.8 Å². The number of aliphatic hydroxyl groups excluding tert-OH is 1. The summed E-state index contributed by atoms with van der Waals surface area (Å²) in [5.74, 6) is 0.0482. The van der Waals surface area contributed by atoms with Crippen molar-refractivity contribution < 1.29 is 13.5 Å². The van der Waals surface area contributed by atoms with Gasteiger partial charge in [0.2, 0.25) is 0 Å². The van der Waals surface area contributed by atoms with Gasteiger partial charge in [-0.15, -0.1) is 0 Å². The summed E-state index contributed by atoms with van der Waals surface area (Å²) >= 11 is 0. The van der Waals surface area contributed by atoms with E-state index in [2.05, 4.69) is 58.9 Å². The zero-order chi connectivity index (χ0) is 25.3. The molecule has 0 aliphatic carbocycles. The summed E-state index contributed by atoms with van der Waals surface area (Å²) in [6, 6.07) is 0. The molecule has 0 aromatic carbocycles. The minimum atomic E-state index is -3.45. The van der Waals surface area contributed by atoms with E-state index in [4.69, 9.17) is 0 Å². The number of rotatable bonds is 17. The van der Waals surface area contributed by atoms with Crippen LogP contribution in [0.3, 0.4) is 0 Å². The molecule has 0 aliphatic rings. The average Bonchev–Trinajstić information content (AvgIpc) is 2.72. The molecule has 0 amide bonds. The zero-order valence-electron chi connectivity index (χ0n) is 22.4. The largest absolute Gasteiger partial charge is 0.374 e. The SMILES string of the molecule is CCCCS(=O)(=O)C(O)C=C(C)CCC=C(C)CCC=C(C)CCC=C(C)CCC=C(C)C. The van der Waals surface area contributed by atoms with Crippen molar-refractivity contribution in [2.45, 2.75) is 118 Å². The van der Waals surface area contributed by atoms with Crippen molar-refractivity contribution in [3.05, 3.63) is 58.2 Å². The van der Waals surface area contributed by atoms with E-state index in [1.165, 1.54) is 28.4 Å². The highest BCUT2D eigenvalue weighted by molar-refractivity contribution is 7.91. The molecule has 0 aromatic heterocycles. The summed E-state index contributed by atoms with van der Waals surface area (Å²) in [6.45, 7) is 14.8. The van der Waals surface area contributed by atoms with Gasteiger partial charge < -0.3 is 5.11 Å². The van der Waals surface area contributed by atoms with E-state index in [0.717, 1.165) is 63.4 Å². The third-order valence-corrected chi connectivity index (χ3v) is 7.49. The predicted molar refractivity (Wildman–Crippen MR) is 146 cm³/mol. The third-order valence-electron chi connectivity index (χ3n) is 5.76. The molecule has 0 saturated heterocycles. The summed E-state index contributed by atoms with van der Waals surface area (Å²) in [4.78, 5) is 0. The van der Waals surface area contributed by atoms with Gasteiger partial charge in [0, 0.05) is 0 Å². The van der Waals surface area contributed by atoms with Gasteiger partial charge in [-0.1, -0.05) is 65.5 Å². The number of hydrogen-bond acceptors (Lipinski definition) is 3. The molecule has 190 valence electrons. The van der Waals surface area contributed by atoms with Crippen molar-refractivity contribution in [3.63, 3.8) is 0 Å². The van der Waals surface area contributed by atoms with Gasteiger partial charge in [-0.3, -0.25) is 0 Å². The van der Waals surface area contributed by atoms with Crippen LogP contribution < -0.4 is 0 Å². The Labute approximate surface area is 205 Å². The number of hydrogen-bond donors (Lipinski definition) is 1. The molecule has 0 spiro atoms. The van der Waals surface area contributed by atoms with E-state index in [9.17, 15) is 13.5 Å². The van der Waals surface area contributed by atoms with Crippen molar-refractivity contribution in [1.82, 2.24) is 0 Å². The van der Waals surface area contributed by atoms with Crippen LogP contribution in [-0.2, 0) is 9.84 Å². The van der Waals surface area contributed by atoms with Crippen LogP contribution >= 0.6 is 0 Å². The van der Waals surface area contributed by atoms with E-state index < -0.39 is 15.3 Å². The Kier molecular flexibility index (Phi) is 17.2. The van der Waals surface area contributed by atoms with Crippen LogP contribution in [0, 0.1) is 0 Å². The second kappa shape index (κ2) is 18.0. The first-order valence-electron chi connectivity index (χ1n) is 12.6. The summed E-state index contributed by atoms with van der Waals surface area (Å²) in [7, 11) is -3.45. The number of aliphatic hydroxyl groups is 1. The predicted octanol–water partition coefficient (Wildman–Crippen LogP) is 8.39. The lowest BCUT2D eigenvalue weighted by Crippen LogP contribution is -2.22. The molecule has 0 fully saturated rings. The molecule has 0 aliphatic heterocycles. The van der Waals surface area contributed by atoms with Crippen LogP contribution in [0.15, 0.2) is 58.2 Å². The molecular weight excluding hydrogens is 428 g/mol. The van der Waals surface area contributed by atoms with Crippen molar-refractivity contribution >= 4 is 9.84 Å². The second-order valence-corrected chi connectivity index (χ2v) is 11.9. The van der Waals surface area contributed by atoms with Crippen molar-refractivity contribution in [1.29, 1.82) is 0 Å². The Morgan fingerprint density at radius 2 is 1.09 bits per heavy atom. The molecule has 0 bridgehead atoms. The summed E-state index contributed by atoms with van der Waals surface area (Å²) < 4.78 is 24.1. The highest BCUT2D eigenvalue weighted by Gasteiger charge is 2.19. The van der Waals surface area contributed by atoms with Crippen LogP contribution in [0.25, 0.3) is 0 Å². The Morgan fingerprint density at radius 1 is 0.697 bits per heavy atom. The minimum Gasteiger partial charge on any atom is -0.374 e. The van der Waals surface area contributed by atoms with Gasteiger partial charge in [-0.25, -0.2) is 8.42 Å². The number of sulfone groups is 1. The normalized spacial score (nSPS) is 15.0. The van der Waals surface area contributed by atoms with Crippen LogP contribution in [0.2, 0.25) is 0 Å². The van der Waals surface area contributed by atoms with E-state index >= 15 is 0 Å². The molecule has 4 heteroatoms. The molecule has 0 saturated carbocycles. The van der Waals surface area contributed by atoms with Crippen molar-refractivity contribution in [2.75, 3.05) is 5.75 Å². The van der Waals surface area contributed by atoms with E-state index in [1.54, 1.807) is 0 Å². The molecule has 0 radical (unpaired) electrons. The number of allylic oxidation sites excluding steroid dienone is 9. The lowest BCUT2D eigenvalue weighted by Gasteiger charge is -2.09. The Morgan fingerprint density at radius 3 is 1.48 bits per heavy atom. The smallest absolute Gasteiger partial charge is 0.180 e. The zero-order valence-corrected chi connectivity index (χ0v) is 23.2. The highest BCUT2D eigenvalue weighted by Crippen LogP contribution is 2.16. The highest BCUT2D eigenvalue weighted by atomic mass is 32.2. The van der Waals surface area contributed by atoms with Gasteiger partial charge in [0.1, 0.15) is 0 Å². The van der Waals surface area contributed by atoms with Crippen molar-refractivity contribution in [3.8, 4) is 0 Å². The first kappa shape index (κ1) is 31.6. The average molecular weight is 479 g/mol. The summed E-state index contributed by atoms with van der Waals surface area (Å²) in [6.07, 6.45) is 20.4. The molecule has 1 N–H and O–H groups in total. The van der Waals surface area contributed by atoms with Gasteiger partial charge in [0.15, 0.2) is 15.3 Å². The fraction of sp³-hybridized carbons (Fsp3) is 0.655.